The van der Waals surface area contributed by atoms with E-state index in [0.717, 1.165) is 23.7 Å². The molecule has 2 aliphatic rings. The fourth-order valence-electron chi connectivity index (χ4n) is 3.06. The third-order valence-corrected chi connectivity index (χ3v) is 3.69. The van der Waals surface area contributed by atoms with Gasteiger partial charge in [-0.1, -0.05) is 13.8 Å². The van der Waals surface area contributed by atoms with Crippen molar-refractivity contribution in [3.05, 3.63) is 0 Å². The first kappa shape index (κ1) is 6.69. The third kappa shape index (κ3) is 0.889. The Bertz CT molecular complexity index is 120. The lowest BCUT2D eigenvalue weighted by Gasteiger charge is -2.47. The summed E-state index contributed by atoms with van der Waals surface area (Å²) in [4.78, 5) is 0. The maximum Gasteiger partial charge on any atom is -0.0360 e. The topological polar surface area (TPSA) is 0 Å². The molecule has 0 heterocycles. The van der Waals surface area contributed by atoms with Crippen LogP contribution in [0.1, 0.15) is 39.5 Å². The van der Waals surface area contributed by atoms with Crippen LogP contribution in [0.5, 0.6) is 0 Å². The second kappa shape index (κ2) is 2.25. The molecule has 0 bridgehead atoms. The summed E-state index contributed by atoms with van der Waals surface area (Å²) in [5.74, 6) is 4.34. The van der Waals surface area contributed by atoms with E-state index in [1.54, 1.807) is 12.8 Å². The van der Waals surface area contributed by atoms with Gasteiger partial charge in [-0.05, 0) is 49.4 Å². The van der Waals surface area contributed by atoms with Crippen molar-refractivity contribution in [2.75, 3.05) is 0 Å². The van der Waals surface area contributed by atoms with Crippen LogP contribution in [0.2, 0.25) is 0 Å². The monoisotopic (exact) mass is 138 g/mol. The van der Waals surface area contributed by atoms with Gasteiger partial charge in [0.15, 0.2) is 0 Å². The van der Waals surface area contributed by atoms with E-state index in [9.17, 15) is 0 Å². The number of hydrogen-bond donors (Lipinski definition) is 0. The molecule has 0 N–H and O–H groups in total. The zero-order valence-electron chi connectivity index (χ0n) is 7.14. The summed E-state index contributed by atoms with van der Waals surface area (Å²) >= 11 is 0. The number of rotatable bonds is 0. The Labute approximate surface area is 64.0 Å². The van der Waals surface area contributed by atoms with Gasteiger partial charge >= 0.3 is 0 Å². The number of fused-ring (bicyclic) bond motifs is 1. The third-order valence-electron chi connectivity index (χ3n) is 3.69. The van der Waals surface area contributed by atoms with E-state index in [0.29, 0.717) is 0 Å². The maximum atomic E-state index is 2.45. The normalized spacial score (nSPS) is 53.4. The van der Waals surface area contributed by atoms with Crippen LogP contribution < -0.4 is 0 Å². The van der Waals surface area contributed by atoms with Crippen molar-refractivity contribution < 1.29 is 0 Å². The summed E-state index contributed by atoms with van der Waals surface area (Å²) in [7, 11) is 0. The van der Waals surface area contributed by atoms with Gasteiger partial charge in [0.2, 0.25) is 0 Å². The van der Waals surface area contributed by atoms with Crippen molar-refractivity contribution in [3.8, 4) is 0 Å². The first-order chi connectivity index (χ1) is 4.77. The zero-order chi connectivity index (χ0) is 7.14. The highest BCUT2D eigenvalue weighted by Crippen LogP contribution is 2.49. The maximum absolute atomic E-state index is 2.45. The molecular formula is C10H18. The van der Waals surface area contributed by atoms with Gasteiger partial charge in [-0.3, -0.25) is 0 Å². The predicted molar refractivity (Wildman–Crippen MR) is 43.8 cm³/mol. The highest BCUT2D eigenvalue weighted by molar-refractivity contribution is 4.89. The predicted octanol–water partition coefficient (Wildman–Crippen LogP) is 3.08. The average Bonchev–Trinajstić information content (AvgIpc) is 1.77. The highest BCUT2D eigenvalue weighted by atomic mass is 14.4. The van der Waals surface area contributed by atoms with E-state index in [-0.39, 0.29) is 0 Å². The molecule has 2 saturated carbocycles. The van der Waals surface area contributed by atoms with E-state index >= 15 is 0 Å². The van der Waals surface area contributed by atoms with Gasteiger partial charge in [-0.2, -0.15) is 0 Å². The Hall–Kier alpha value is 0. The molecule has 2 rings (SSSR count). The first-order valence-corrected chi connectivity index (χ1v) is 4.77. The number of hydrogen-bond acceptors (Lipinski definition) is 0. The second-order valence-electron chi connectivity index (χ2n) is 4.56. The molecule has 0 saturated heterocycles. The quantitative estimate of drug-likeness (QED) is 0.482. The molecule has 0 aromatic heterocycles. The molecule has 58 valence electrons. The molecule has 0 spiro atoms. The molecule has 10 heavy (non-hydrogen) atoms. The van der Waals surface area contributed by atoms with Crippen LogP contribution in [0.15, 0.2) is 0 Å². The minimum atomic E-state index is 1.02. The first-order valence-electron chi connectivity index (χ1n) is 4.77. The van der Waals surface area contributed by atoms with E-state index in [2.05, 4.69) is 13.8 Å². The van der Waals surface area contributed by atoms with Crippen LogP contribution in [0.4, 0.5) is 0 Å². The Morgan fingerprint density at radius 2 is 1.80 bits per heavy atom. The smallest absolute Gasteiger partial charge is 0.0360 e. The largest absolute Gasteiger partial charge is 0.0625 e. The minimum Gasteiger partial charge on any atom is -0.0625 e. The standard InChI is InChI=1S/C10H18/c1-7-5-8(2)10-4-3-9(10)6-7/h7-10H,3-6H2,1-2H3/t7?,8-,9?,10+/m0/s1. The van der Waals surface area contributed by atoms with E-state index in [4.69, 9.17) is 0 Å². The molecule has 2 aliphatic carbocycles. The summed E-state index contributed by atoms with van der Waals surface area (Å²) in [5, 5.41) is 0. The fraction of sp³-hybridized carbons (Fsp3) is 1.00. The molecule has 0 nitrogen and oxygen atoms in total. The van der Waals surface area contributed by atoms with Crippen molar-refractivity contribution in [1.82, 2.24) is 0 Å². The molecular weight excluding hydrogens is 120 g/mol. The van der Waals surface area contributed by atoms with Crippen LogP contribution in [-0.2, 0) is 0 Å². The fourth-order valence-corrected chi connectivity index (χ4v) is 3.06. The van der Waals surface area contributed by atoms with Crippen molar-refractivity contribution in [2.45, 2.75) is 39.5 Å². The van der Waals surface area contributed by atoms with Crippen molar-refractivity contribution in [3.63, 3.8) is 0 Å². The molecule has 4 atom stereocenters. The van der Waals surface area contributed by atoms with Crippen molar-refractivity contribution in [1.29, 1.82) is 0 Å². The van der Waals surface area contributed by atoms with E-state index in [1.807, 2.05) is 0 Å². The molecule has 0 radical (unpaired) electrons. The lowest BCUT2D eigenvalue weighted by molar-refractivity contribution is 0.0346. The Morgan fingerprint density at radius 3 is 2.30 bits per heavy atom. The lowest BCUT2D eigenvalue weighted by atomic mass is 9.59. The van der Waals surface area contributed by atoms with Crippen LogP contribution >= 0.6 is 0 Å². The Kier molecular flexibility index (Phi) is 1.51. The highest BCUT2D eigenvalue weighted by Gasteiger charge is 2.39. The van der Waals surface area contributed by atoms with Gasteiger partial charge in [-0.15, -0.1) is 0 Å². The molecule has 2 fully saturated rings. The molecule has 0 aliphatic heterocycles. The Morgan fingerprint density at radius 1 is 1.00 bits per heavy atom. The molecule has 0 amide bonds. The Balaban J connectivity index is 1.99. The summed E-state index contributed by atoms with van der Waals surface area (Å²) in [5.41, 5.74) is 0. The SMILES string of the molecule is CC1CC2CC[C@@H]2[C@@H](C)C1. The average molecular weight is 138 g/mol. The van der Waals surface area contributed by atoms with Crippen LogP contribution in [0, 0.1) is 23.7 Å². The van der Waals surface area contributed by atoms with Gasteiger partial charge in [0, 0.05) is 0 Å². The van der Waals surface area contributed by atoms with Gasteiger partial charge in [0.1, 0.15) is 0 Å². The minimum absolute atomic E-state index is 1.02. The van der Waals surface area contributed by atoms with Crippen LogP contribution in [0.25, 0.3) is 0 Å². The lowest BCUT2D eigenvalue weighted by Crippen LogP contribution is -2.37. The molecule has 0 heteroatoms. The zero-order valence-corrected chi connectivity index (χ0v) is 7.14. The summed E-state index contributed by atoms with van der Waals surface area (Å²) in [6, 6.07) is 0. The van der Waals surface area contributed by atoms with Gasteiger partial charge in [0.25, 0.3) is 0 Å². The van der Waals surface area contributed by atoms with E-state index in [1.165, 1.54) is 12.8 Å². The van der Waals surface area contributed by atoms with E-state index < -0.39 is 0 Å². The summed E-state index contributed by atoms with van der Waals surface area (Å²) in [6.45, 7) is 4.87. The van der Waals surface area contributed by atoms with Gasteiger partial charge in [0.05, 0.1) is 0 Å². The van der Waals surface area contributed by atoms with Crippen molar-refractivity contribution >= 4 is 0 Å². The second-order valence-corrected chi connectivity index (χ2v) is 4.56. The van der Waals surface area contributed by atoms with Gasteiger partial charge in [-0.25, -0.2) is 0 Å². The molecule has 2 unspecified atom stereocenters. The van der Waals surface area contributed by atoms with Crippen molar-refractivity contribution in [2.24, 2.45) is 23.7 Å². The van der Waals surface area contributed by atoms with Crippen LogP contribution in [0.3, 0.4) is 0 Å². The molecule has 0 aromatic carbocycles. The van der Waals surface area contributed by atoms with Crippen LogP contribution in [-0.4, -0.2) is 0 Å². The summed E-state index contributed by atoms with van der Waals surface area (Å²) in [6.07, 6.45) is 6.12. The molecule has 0 aromatic rings. The van der Waals surface area contributed by atoms with Gasteiger partial charge < -0.3 is 0 Å². The summed E-state index contributed by atoms with van der Waals surface area (Å²) < 4.78 is 0.